The van der Waals surface area contributed by atoms with Gasteiger partial charge in [-0.2, -0.15) is 10.2 Å². The Morgan fingerprint density at radius 1 is 1.14 bits per heavy atom. The van der Waals surface area contributed by atoms with Gasteiger partial charge in [-0.05, 0) is 43.9 Å². The fraction of sp³-hybridized carbons (Fsp3) is 0.609. The Bertz CT molecular complexity index is 763. The SMILES string of the molecule is CC/C=C(\N=NC)c1ccc2c(c1)CCN(CC(=O)N1CCN(C(C)C)CC1)C2. The third kappa shape index (κ3) is 5.52. The molecular formula is C23H35N5O. The second kappa shape index (κ2) is 10.1. The van der Waals surface area contributed by atoms with Crippen molar-refractivity contribution in [2.45, 2.75) is 46.2 Å². The maximum absolute atomic E-state index is 12.8. The number of benzene rings is 1. The van der Waals surface area contributed by atoms with E-state index in [2.05, 4.69) is 65.1 Å². The lowest BCUT2D eigenvalue weighted by molar-refractivity contribution is -0.134. The number of amides is 1. The van der Waals surface area contributed by atoms with E-state index in [4.69, 9.17) is 0 Å². The number of hydrogen-bond acceptors (Lipinski definition) is 5. The van der Waals surface area contributed by atoms with Gasteiger partial charge in [0.25, 0.3) is 0 Å². The van der Waals surface area contributed by atoms with Crippen molar-refractivity contribution >= 4 is 11.6 Å². The summed E-state index contributed by atoms with van der Waals surface area (Å²) >= 11 is 0. The van der Waals surface area contributed by atoms with E-state index in [1.807, 2.05) is 4.90 Å². The summed E-state index contributed by atoms with van der Waals surface area (Å²) in [4.78, 5) is 19.5. The average molecular weight is 398 g/mol. The van der Waals surface area contributed by atoms with Gasteiger partial charge >= 0.3 is 0 Å². The number of carbonyl (C=O) groups is 1. The van der Waals surface area contributed by atoms with E-state index < -0.39 is 0 Å². The molecule has 29 heavy (non-hydrogen) atoms. The molecule has 2 heterocycles. The van der Waals surface area contributed by atoms with Gasteiger partial charge < -0.3 is 4.90 Å². The van der Waals surface area contributed by atoms with Crippen LogP contribution in [0.25, 0.3) is 5.70 Å². The third-order valence-electron chi connectivity index (χ3n) is 5.95. The van der Waals surface area contributed by atoms with Crippen LogP contribution in [0.5, 0.6) is 0 Å². The van der Waals surface area contributed by atoms with Gasteiger partial charge in [-0.3, -0.25) is 14.6 Å². The zero-order valence-electron chi connectivity index (χ0n) is 18.4. The summed E-state index contributed by atoms with van der Waals surface area (Å²) < 4.78 is 0. The summed E-state index contributed by atoms with van der Waals surface area (Å²) in [5.74, 6) is 0.269. The molecule has 6 heteroatoms. The predicted molar refractivity (Wildman–Crippen MR) is 118 cm³/mol. The first-order valence-electron chi connectivity index (χ1n) is 10.9. The van der Waals surface area contributed by atoms with E-state index in [1.54, 1.807) is 7.05 Å². The van der Waals surface area contributed by atoms with Gasteiger partial charge in [-0.1, -0.05) is 25.1 Å². The van der Waals surface area contributed by atoms with E-state index in [-0.39, 0.29) is 5.91 Å². The Hall–Kier alpha value is -2.05. The molecule has 2 aliphatic heterocycles. The molecule has 1 amide bonds. The minimum Gasteiger partial charge on any atom is -0.339 e. The van der Waals surface area contributed by atoms with Crippen molar-refractivity contribution in [3.8, 4) is 0 Å². The van der Waals surface area contributed by atoms with Crippen LogP contribution in [0.4, 0.5) is 0 Å². The number of hydrogen-bond donors (Lipinski definition) is 0. The summed E-state index contributed by atoms with van der Waals surface area (Å²) in [6.07, 6.45) is 4.02. The van der Waals surface area contributed by atoms with Crippen LogP contribution in [-0.4, -0.2) is 73.0 Å². The number of azo groups is 1. The highest BCUT2D eigenvalue weighted by molar-refractivity contribution is 5.78. The summed E-state index contributed by atoms with van der Waals surface area (Å²) in [5, 5.41) is 8.23. The largest absolute Gasteiger partial charge is 0.339 e. The van der Waals surface area contributed by atoms with Gasteiger partial charge in [0.15, 0.2) is 0 Å². The first kappa shape index (κ1) is 21.7. The van der Waals surface area contributed by atoms with Crippen molar-refractivity contribution in [2.24, 2.45) is 10.2 Å². The first-order chi connectivity index (χ1) is 14.0. The number of rotatable bonds is 6. The van der Waals surface area contributed by atoms with Gasteiger partial charge in [0, 0.05) is 57.9 Å². The van der Waals surface area contributed by atoms with Crippen molar-refractivity contribution in [3.05, 3.63) is 41.0 Å². The van der Waals surface area contributed by atoms with Gasteiger partial charge in [-0.15, -0.1) is 0 Å². The zero-order valence-corrected chi connectivity index (χ0v) is 18.4. The Labute approximate surface area is 175 Å². The van der Waals surface area contributed by atoms with Gasteiger partial charge in [-0.25, -0.2) is 0 Å². The van der Waals surface area contributed by atoms with Crippen molar-refractivity contribution in [3.63, 3.8) is 0 Å². The highest BCUT2D eigenvalue weighted by atomic mass is 16.2. The van der Waals surface area contributed by atoms with Crippen molar-refractivity contribution < 1.29 is 4.79 Å². The predicted octanol–water partition coefficient (Wildman–Crippen LogP) is 3.43. The molecule has 0 radical (unpaired) electrons. The van der Waals surface area contributed by atoms with Gasteiger partial charge in [0.1, 0.15) is 0 Å². The number of piperazine rings is 1. The fourth-order valence-electron chi connectivity index (χ4n) is 4.20. The van der Waals surface area contributed by atoms with E-state index >= 15 is 0 Å². The minimum atomic E-state index is 0.269. The molecule has 0 bridgehead atoms. The minimum absolute atomic E-state index is 0.269. The molecule has 0 aromatic heterocycles. The number of nitrogens with zero attached hydrogens (tertiary/aromatic N) is 5. The second-order valence-corrected chi connectivity index (χ2v) is 8.25. The topological polar surface area (TPSA) is 51.5 Å². The molecule has 0 aliphatic carbocycles. The zero-order chi connectivity index (χ0) is 20.8. The van der Waals surface area contributed by atoms with Crippen LogP contribution in [0, 0.1) is 0 Å². The Kier molecular flexibility index (Phi) is 7.56. The molecule has 0 N–H and O–H groups in total. The van der Waals surface area contributed by atoms with E-state index in [0.29, 0.717) is 12.6 Å². The number of carbonyl (C=O) groups excluding carboxylic acids is 1. The molecule has 0 atom stereocenters. The molecule has 1 aromatic carbocycles. The Morgan fingerprint density at radius 2 is 1.90 bits per heavy atom. The molecule has 0 unspecified atom stereocenters. The third-order valence-corrected chi connectivity index (χ3v) is 5.95. The molecule has 1 aromatic rings. The van der Waals surface area contributed by atoms with Gasteiger partial charge in [0.2, 0.25) is 5.91 Å². The van der Waals surface area contributed by atoms with E-state index in [1.165, 1.54) is 11.1 Å². The van der Waals surface area contributed by atoms with Crippen LogP contribution in [-0.2, 0) is 17.8 Å². The van der Waals surface area contributed by atoms with Crippen LogP contribution in [0.2, 0.25) is 0 Å². The quantitative estimate of drug-likeness (QED) is 0.691. The highest BCUT2D eigenvalue weighted by Gasteiger charge is 2.25. The molecule has 0 saturated carbocycles. The summed E-state index contributed by atoms with van der Waals surface area (Å²) in [6, 6.07) is 7.13. The molecule has 6 nitrogen and oxygen atoms in total. The lowest BCUT2D eigenvalue weighted by Crippen LogP contribution is -2.53. The maximum atomic E-state index is 12.8. The van der Waals surface area contributed by atoms with Crippen molar-refractivity contribution in [1.29, 1.82) is 0 Å². The molecule has 3 rings (SSSR count). The lowest BCUT2D eigenvalue weighted by atomic mass is 9.96. The fourth-order valence-corrected chi connectivity index (χ4v) is 4.20. The van der Waals surface area contributed by atoms with Crippen LogP contribution in [0.3, 0.4) is 0 Å². The van der Waals surface area contributed by atoms with Crippen LogP contribution in [0.1, 0.15) is 43.9 Å². The smallest absolute Gasteiger partial charge is 0.236 e. The molecule has 2 aliphatic rings. The Morgan fingerprint density at radius 3 is 2.55 bits per heavy atom. The van der Waals surface area contributed by atoms with Crippen LogP contribution >= 0.6 is 0 Å². The number of fused-ring (bicyclic) bond motifs is 1. The van der Waals surface area contributed by atoms with Crippen LogP contribution < -0.4 is 0 Å². The highest BCUT2D eigenvalue weighted by Crippen LogP contribution is 2.25. The maximum Gasteiger partial charge on any atom is 0.236 e. The van der Waals surface area contributed by atoms with Gasteiger partial charge in [0.05, 0.1) is 12.2 Å². The second-order valence-electron chi connectivity index (χ2n) is 8.25. The molecule has 0 spiro atoms. The van der Waals surface area contributed by atoms with Crippen molar-refractivity contribution in [2.75, 3.05) is 46.3 Å². The first-order valence-corrected chi connectivity index (χ1v) is 10.9. The van der Waals surface area contributed by atoms with E-state index in [9.17, 15) is 4.79 Å². The Balaban J connectivity index is 1.59. The van der Waals surface area contributed by atoms with Crippen LogP contribution in [0.15, 0.2) is 34.5 Å². The standard InChI is InChI=1S/C23H35N5O/c1-5-6-22(25-24-4)20-7-8-21-16-26(10-9-19(21)15-20)17-23(29)28-13-11-27(12-14-28)18(2)3/h6-8,15,18H,5,9-14,16-17H2,1-4H3/b22-6-,25-24?. The summed E-state index contributed by atoms with van der Waals surface area (Å²) in [5.41, 5.74) is 4.76. The molecule has 1 saturated heterocycles. The normalized spacial score (nSPS) is 19.2. The summed E-state index contributed by atoms with van der Waals surface area (Å²) in [7, 11) is 1.71. The average Bonchev–Trinajstić information content (AvgIpc) is 2.73. The molecule has 1 fully saturated rings. The molecular weight excluding hydrogens is 362 g/mol. The summed E-state index contributed by atoms with van der Waals surface area (Å²) in [6.45, 7) is 12.5. The monoisotopic (exact) mass is 397 g/mol. The number of allylic oxidation sites excluding steroid dienone is 1. The van der Waals surface area contributed by atoms with E-state index in [0.717, 1.165) is 63.4 Å². The van der Waals surface area contributed by atoms with Crippen molar-refractivity contribution in [1.82, 2.24) is 14.7 Å². The molecule has 158 valence electrons. The lowest BCUT2D eigenvalue weighted by Gasteiger charge is -2.38.